The predicted octanol–water partition coefficient (Wildman–Crippen LogP) is 3.17. The molecule has 0 aliphatic heterocycles. The average molecular weight is 408 g/mol. The Morgan fingerprint density at radius 1 is 0.966 bits per heavy atom. The van der Waals surface area contributed by atoms with Crippen LogP contribution in [0, 0.1) is 0 Å². The molecule has 1 rings (SSSR count). The van der Waals surface area contributed by atoms with Crippen LogP contribution in [0.25, 0.3) is 0 Å². The van der Waals surface area contributed by atoms with Gasteiger partial charge in [-0.1, -0.05) is 58.3 Å². The van der Waals surface area contributed by atoms with Gasteiger partial charge in [0.1, 0.15) is 6.54 Å². The summed E-state index contributed by atoms with van der Waals surface area (Å²) in [4.78, 5) is 38.7. The van der Waals surface area contributed by atoms with Crippen LogP contribution in [-0.2, 0) is 4.79 Å². The SMILES string of the molecule is CCCCCCCCCCCNC(=O)c1cnc(C(=O)NCC(=O)O)c(OC)c1. The fourth-order valence-corrected chi connectivity index (χ4v) is 2.87. The van der Waals surface area contributed by atoms with E-state index in [1.54, 1.807) is 0 Å². The first-order chi connectivity index (χ1) is 14.0. The number of hydrogen-bond acceptors (Lipinski definition) is 5. The maximum Gasteiger partial charge on any atom is 0.322 e. The molecule has 1 aromatic heterocycles. The lowest BCUT2D eigenvalue weighted by molar-refractivity contribution is -0.135. The molecule has 162 valence electrons. The Labute approximate surface area is 172 Å². The molecule has 1 heterocycles. The zero-order valence-electron chi connectivity index (χ0n) is 17.5. The number of nitrogens with one attached hydrogen (secondary N) is 2. The van der Waals surface area contributed by atoms with Crippen molar-refractivity contribution in [3.8, 4) is 5.75 Å². The van der Waals surface area contributed by atoms with Crippen LogP contribution >= 0.6 is 0 Å². The van der Waals surface area contributed by atoms with E-state index in [1.165, 1.54) is 64.3 Å². The van der Waals surface area contributed by atoms with E-state index in [9.17, 15) is 14.4 Å². The van der Waals surface area contributed by atoms with E-state index < -0.39 is 18.4 Å². The fraction of sp³-hybridized carbons (Fsp3) is 0.619. The summed E-state index contributed by atoms with van der Waals surface area (Å²) in [6.07, 6.45) is 12.2. The molecule has 0 saturated carbocycles. The van der Waals surface area contributed by atoms with Gasteiger partial charge in [0.2, 0.25) is 0 Å². The van der Waals surface area contributed by atoms with Crippen molar-refractivity contribution in [1.29, 1.82) is 0 Å². The van der Waals surface area contributed by atoms with Gasteiger partial charge in [0, 0.05) is 12.7 Å². The van der Waals surface area contributed by atoms with Crippen LogP contribution in [-0.4, -0.2) is 48.1 Å². The molecule has 0 bridgehead atoms. The van der Waals surface area contributed by atoms with Crippen molar-refractivity contribution in [3.05, 3.63) is 23.5 Å². The topological polar surface area (TPSA) is 118 Å². The third-order valence-electron chi connectivity index (χ3n) is 4.52. The summed E-state index contributed by atoms with van der Waals surface area (Å²) < 4.78 is 5.12. The lowest BCUT2D eigenvalue weighted by atomic mass is 10.1. The third-order valence-corrected chi connectivity index (χ3v) is 4.52. The molecule has 0 unspecified atom stereocenters. The minimum atomic E-state index is -1.16. The molecular formula is C21H33N3O5. The van der Waals surface area contributed by atoms with Gasteiger partial charge in [0.25, 0.3) is 11.8 Å². The Balaban J connectivity index is 2.37. The Morgan fingerprint density at radius 3 is 2.17 bits per heavy atom. The number of carbonyl (C=O) groups is 3. The van der Waals surface area contributed by atoms with Crippen LogP contribution in [0.4, 0.5) is 0 Å². The van der Waals surface area contributed by atoms with E-state index in [1.807, 2.05) is 0 Å². The molecule has 3 N–H and O–H groups in total. The summed E-state index contributed by atoms with van der Waals surface area (Å²) in [5.41, 5.74) is 0.219. The monoisotopic (exact) mass is 407 g/mol. The van der Waals surface area contributed by atoms with E-state index in [0.29, 0.717) is 6.54 Å². The van der Waals surface area contributed by atoms with Crippen molar-refractivity contribution >= 4 is 17.8 Å². The second-order valence-corrected chi connectivity index (χ2v) is 6.94. The second kappa shape index (κ2) is 14.4. The van der Waals surface area contributed by atoms with Gasteiger partial charge in [0.15, 0.2) is 11.4 Å². The van der Waals surface area contributed by atoms with Gasteiger partial charge >= 0.3 is 5.97 Å². The maximum absolute atomic E-state index is 12.3. The normalized spacial score (nSPS) is 10.4. The molecular weight excluding hydrogens is 374 g/mol. The summed E-state index contributed by atoms with van der Waals surface area (Å²) in [7, 11) is 1.36. The number of hydrogen-bond donors (Lipinski definition) is 3. The van der Waals surface area contributed by atoms with Crippen molar-refractivity contribution in [2.24, 2.45) is 0 Å². The lowest BCUT2D eigenvalue weighted by Gasteiger charge is -2.10. The van der Waals surface area contributed by atoms with Crippen molar-refractivity contribution in [1.82, 2.24) is 15.6 Å². The number of amides is 2. The highest BCUT2D eigenvalue weighted by Gasteiger charge is 2.17. The second-order valence-electron chi connectivity index (χ2n) is 6.94. The first kappa shape index (κ1) is 24.4. The molecule has 0 aromatic carbocycles. The highest BCUT2D eigenvalue weighted by Crippen LogP contribution is 2.17. The largest absolute Gasteiger partial charge is 0.494 e. The Kier molecular flexibility index (Phi) is 12.1. The third kappa shape index (κ3) is 9.91. The van der Waals surface area contributed by atoms with Crippen molar-refractivity contribution in [2.45, 2.75) is 64.7 Å². The highest BCUT2D eigenvalue weighted by atomic mass is 16.5. The summed E-state index contributed by atoms with van der Waals surface area (Å²) in [6, 6.07) is 1.42. The Hall–Kier alpha value is -2.64. The molecule has 0 aliphatic rings. The minimum absolute atomic E-state index is 0.0655. The number of methoxy groups -OCH3 is 1. The number of aliphatic carboxylic acids is 1. The number of ether oxygens (including phenoxy) is 1. The van der Waals surface area contributed by atoms with E-state index in [0.717, 1.165) is 12.8 Å². The summed E-state index contributed by atoms with van der Waals surface area (Å²) >= 11 is 0. The molecule has 1 aromatic rings. The van der Waals surface area contributed by atoms with Crippen LogP contribution < -0.4 is 15.4 Å². The first-order valence-corrected chi connectivity index (χ1v) is 10.3. The minimum Gasteiger partial charge on any atom is -0.494 e. The molecule has 0 saturated heterocycles. The number of pyridine rings is 1. The van der Waals surface area contributed by atoms with E-state index in [4.69, 9.17) is 9.84 Å². The van der Waals surface area contributed by atoms with Gasteiger partial charge in [-0.25, -0.2) is 4.98 Å². The molecule has 0 radical (unpaired) electrons. The zero-order chi connectivity index (χ0) is 21.5. The van der Waals surface area contributed by atoms with Crippen molar-refractivity contribution in [2.75, 3.05) is 20.2 Å². The van der Waals surface area contributed by atoms with Gasteiger partial charge in [-0.3, -0.25) is 14.4 Å². The highest BCUT2D eigenvalue weighted by molar-refractivity contribution is 5.99. The number of rotatable bonds is 15. The molecule has 0 spiro atoms. The standard InChI is InChI=1S/C21H33N3O5/c1-3-4-5-6-7-8-9-10-11-12-22-20(27)16-13-17(29-2)19(23-14-16)21(28)24-15-18(25)26/h13-14H,3-12,15H2,1-2H3,(H,22,27)(H,24,28)(H,25,26). The van der Waals surface area contributed by atoms with Crippen molar-refractivity contribution < 1.29 is 24.2 Å². The van der Waals surface area contributed by atoms with Gasteiger partial charge in [-0.2, -0.15) is 0 Å². The lowest BCUT2D eigenvalue weighted by Crippen LogP contribution is -2.30. The summed E-state index contributed by atoms with van der Waals surface area (Å²) in [5, 5.41) is 13.7. The molecule has 8 heteroatoms. The number of carboxylic acids is 1. The molecule has 0 atom stereocenters. The number of unbranched alkanes of at least 4 members (excludes halogenated alkanes) is 8. The Morgan fingerprint density at radius 2 is 1.59 bits per heavy atom. The van der Waals surface area contributed by atoms with Gasteiger partial charge < -0.3 is 20.5 Å². The molecule has 29 heavy (non-hydrogen) atoms. The number of carbonyl (C=O) groups excluding carboxylic acids is 2. The van der Waals surface area contributed by atoms with E-state index in [-0.39, 0.29) is 22.9 Å². The van der Waals surface area contributed by atoms with Gasteiger partial charge in [0.05, 0.1) is 12.7 Å². The smallest absolute Gasteiger partial charge is 0.322 e. The average Bonchev–Trinajstić information content (AvgIpc) is 2.72. The molecule has 0 aliphatic carbocycles. The van der Waals surface area contributed by atoms with Gasteiger partial charge in [-0.15, -0.1) is 0 Å². The van der Waals surface area contributed by atoms with Crippen LogP contribution in [0.15, 0.2) is 12.3 Å². The fourth-order valence-electron chi connectivity index (χ4n) is 2.87. The van der Waals surface area contributed by atoms with Crippen LogP contribution in [0.5, 0.6) is 5.75 Å². The predicted molar refractivity (Wildman–Crippen MR) is 110 cm³/mol. The molecule has 0 fully saturated rings. The van der Waals surface area contributed by atoms with Crippen molar-refractivity contribution in [3.63, 3.8) is 0 Å². The molecule has 8 nitrogen and oxygen atoms in total. The number of carboxylic acid groups (broad SMARTS) is 1. The number of nitrogens with zero attached hydrogens (tertiary/aromatic N) is 1. The summed E-state index contributed by atoms with van der Waals surface area (Å²) in [5.74, 6) is -2.01. The maximum atomic E-state index is 12.3. The van der Waals surface area contributed by atoms with Gasteiger partial charge in [-0.05, 0) is 12.5 Å². The van der Waals surface area contributed by atoms with Crippen LogP contribution in [0.3, 0.4) is 0 Å². The van der Waals surface area contributed by atoms with E-state index in [2.05, 4.69) is 22.5 Å². The first-order valence-electron chi connectivity index (χ1n) is 10.3. The quantitative estimate of drug-likeness (QED) is 0.384. The van der Waals surface area contributed by atoms with Crippen LogP contribution in [0.2, 0.25) is 0 Å². The van der Waals surface area contributed by atoms with E-state index >= 15 is 0 Å². The van der Waals surface area contributed by atoms with Crippen LogP contribution in [0.1, 0.15) is 85.6 Å². The number of aromatic nitrogens is 1. The summed E-state index contributed by atoms with van der Waals surface area (Å²) in [6.45, 7) is 2.27. The Bertz CT molecular complexity index is 664. The zero-order valence-corrected chi connectivity index (χ0v) is 17.5. The molecule has 2 amide bonds.